The number of hydrogen-bond donors (Lipinski definition) is 1. The van der Waals surface area contributed by atoms with E-state index in [1.807, 2.05) is 0 Å². The summed E-state index contributed by atoms with van der Waals surface area (Å²) in [5.41, 5.74) is -0.856. The molecule has 1 aliphatic heterocycles. The van der Waals surface area contributed by atoms with E-state index in [1.165, 1.54) is 24.3 Å². The average Bonchev–Trinajstić information content (AvgIpc) is 3.47. The zero-order valence-corrected chi connectivity index (χ0v) is 18.2. The third kappa shape index (κ3) is 5.66. The molecule has 1 unspecified atom stereocenters. The van der Waals surface area contributed by atoms with E-state index in [0.29, 0.717) is 27.6 Å². The van der Waals surface area contributed by atoms with E-state index in [-0.39, 0.29) is 18.3 Å². The smallest absolute Gasteiger partial charge is 0.434 e. The van der Waals surface area contributed by atoms with E-state index in [0.717, 1.165) is 25.6 Å². The SMILES string of the molecule is O=C(NCc1ccc(OCC2CCCO2)cc1)c1cnn(-c2ccc(Cl)cc2)c1C(F)(F)F. The second-order valence-electron chi connectivity index (χ2n) is 7.57. The lowest BCUT2D eigenvalue weighted by atomic mass is 10.2. The Morgan fingerprint density at radius 2 is 1.91 bits per heavy atom. The van der Waals surface area contributed by atoms with Crippen molar-refractivity contribution >= 4 is 17.5 Å². The van der Waals surface area contributed by atoms with E-state index >= 15 is 0 Å². The maximum atomic E-state index is 13.8. The normalized spacial score (nSPS) is 16.1. The van der Waals surface area contributed by atoms with Crippen LogP contribution in [0.1, 0.15) is 34.5 Å². The summed E-state index contributed by atoms with van der Waals surface area (Å²) in [7, 11) is 0. The number of hydrogen-bond acceptors (Lipinski definition) is 4. The highest BCUT2D eigenvalue weighted by atomic mass is 35.5. The van der Waals surface area contributed by atoms with Gasteiger partial charge in [-0.2, -0.15) is 18.3 Å². The monoisotopic (exact) mass is 479 g/mol. The minimum Gasteiger partial charge on any atom is -0.491 e. The van der Waals surface area contributed by atoms with Crippen molar-refractivity contribution in [2.24, 2.45) is 0 Å². The molecule has 1 N–H and O–H groups in total. The molecule has 1 aromatic heterocycles. The summed E-state index contributed by atoms with van der Waals surface area (Å²) in [6.45, 7) is 1.27. The Morgan fingerprint density at radius 1 is 1.18 bits per heavy atom. The van der Waals surface area contributed by atoms with Crippen LogP contribution in [-0.2, 0) is 17.5 Å². The Morgan fingerprint density at radius 3 is 2.55 bits per heavy atom. The van der Waals surface area contributed by atoms with Crippen molar-refractivity contribution in [2.45, 2.75) is 31.7 Å². The van der Waals surface area contributed by atoms with Gasteiger partial charge in [-0.1, -0.05) is 23.7 Å². The summed E-state index contributed by atoms with van der Waals surface area (Å²) >= 11 is 5.81. The highest BCUT2D eigenvalue weighted by Crippen LogP contribution is 2.34. The quantitative estimate of drug-likeness (QED) is 0.516. The van der Waals surface area contributed by atoms with Crippen LogP contribution in [0.25, 0.3) is 5.69 Å². The first-order valence-corrected chi connectivity index (χ1v) is 10.7. The molecule has 2 heterocycles. The first-order valence-electron chi connectivity index (χ1n) is 10.3. The number of amides is 1. The maximum absolute atomic E-state index is 13.8. The van der Waals surface area contributed by atoms with Crippen molar-refractivity contribution < 1.29 is 27.4 Å². The Balaban J connectivity index is 1.42. The number of nitrogens with zero attached hydrogens (tertiary/aromatic N) is 2. The first-order chi connectivity index (χ1) is 15.8. The molecule has 1 fully saturated rings. The number of benzene rings is 2. The molecule has 2 aromatic carbocycles. The Hall–Kier alpha value is -3.04. The highest BCUT2D eigenvalue weighted by Gasteiger charge is 2.40. The highest BCUT2D eigenvalue weighted by molar-refractivity contribution is 6.30. The Labute approximate surface area is 193 Å². The van der Waals surface area contributed by atoms with Gasteiger partial charge >= 0.3 is 6.18 Å². The number of carbonyl (C=O) groups is 1. The molecule has 0 bridgehead atoms. The van der Waals surface area contributed by atoms with Crippen molar-refractivity contribution in [1.82, 2.24) is 15.1 Å². The van der Waals surface area contributed by atoms with Crippen LogP contribution in [-0.4, -0.2) is 35.0 Å². The summed E-state index contributed by atoms with van der Waals surface area (Å²) < 4.78 is 53.2. The van der Waals surface area contributed by atoms with Gasteiger partial charge in [0, 0.05) is 18.2 Å². The zero-order valence-electron chi connectivity index (χ0n) is 17.4. The number of alkyl halides is 3. The molecule has 1 atom stereocenters. The van der Waals surface area contributed by atoms with Crippen LogP contribution in [0.3, 0.4) is 0 Å². The molecule has 10 heteroatoms. The third-order valence-electron chi connectivity index (χ3n) is 5.19. The summed E-state index contributed by atoms with van der Waals surface area (Å²) in [5, 5.41) is 6.69. The number of rotatable bonds is 7. The van der Waals surface area contributed by atoms with Gasteiger partial charge < -0.3 is 14.8 Å². The Bertz CT molecular complexity index is 1090. The fraction of sp³-hybridized carbons (Fsp3) is 0.304. The summed E-state index contributed by atoms with van der Waals surface area (Å²) in [5.74, 6) is -0.217. The molecule has 0 aliphatic carbocycles. The number of nitrogens with one attached hydrogen (secondary N) is 1. The van der Waals surface area contributed by atoms with Crippen molar-refractivity contribution in [3.05, 3.63) is 76.6 Å². The fourth-order valence-electron chi connectivity index (χ4n) is 3.51. The van der Waals surface area contributed by atoms with Gasteiger partial charge in [0.1, 0.15) is 12.4 Å². The minimum absolute atomic E-state index is 0.0499. The van der Waals surface area contributed by atoms with Crippen molar-refractivity contribution in [2.75, 3.05) is 13.2 Å². The molecule has 0 saturated carbocycles. The van der Waals surface area contributed by atoms with E-state index in [4.69, 9.17) is 21.1 Å². The molecule has 1 aliphatic rings. The summed E-state index contributed by atoms with van der Waals surface area (Å²) in [6.07, 6.45) is -1.78. The first kappa shape index (κ1) is 23.1. The molecule has 1 saturated heterocycles. The predicted octanol–water partition coefficient (Wildman–Crippen LogP) is 5.03. The van der Waals surface area contributed by atoms with Crippen molar-refractivity contribution in [3.63, 3.8) is 0 Å². The topological polar surface area (TPSA) is 65.4 Å². The second-order valence-corrected chi connectivity index (χ2v) is 8.00. The largest absolute Gasteiger partial charge is 0.491 e. The van der Waals surface area contributed by atoms with Crippen LogP contribution in [0.5, 0.6) is 5.75 Å². The summed E-state index contributed by atoms with van der Waals surface area (Å²) in [6, 6.07) is 12.7. The molecule has 6 nitrogen and oxygen atoms in total. The number of aromatic nitrogens is 2. The van der Waals surface area contributed by atoms with Gasteiger partial charge in [-0.05, 0) is 54.8 Å². The van der Waals surface area contributed by atoms with Gasteiger partial charge in [0.2, 0.25) is 0 Å². The average molecular weight is 480 g/mol. The van der Waals surface area contributed by atoms with Gasteiger partial charge in [0.15, 0.2) is 5.69 Å². The molecular formula is C23H21ClF3N3O3. The Kier molecular flexibility index (Phi) is 6.90. The van der Waals surface area contributed by atoms with Gasteiger partial charge in [0.25, 0.3) is 5.91 Å². The lowest BCUT2D eigenvalue weighted by Gasteiger charge is -2.13. The zero-order chi connectivity index (χ0) is 23.4. The van der Waals surface area contributed by atoms with E-state index < -0.39 is 23.3 Å². The van der Waals surface area contributed by atoms with Gasteiger partial charge in [0.05, 0.1) is 23.6 Å². The molecule has 4 rings (SSSR count). The van der Waals surface area contributed by atoms with E-state index in [9.17, 15) is 18.0 Å². The second kappa shape index (κ2) is 9.84. The van der Waals surface area contributed by atoms with Crippen LogP contribution in [0, 0.1) is 0 Å². The van der Waals surface area contributed by atoms with Gasteiger partial charge in [-0.15, -0.1) is 0 Å². The molecule has 0 spiro atoms. The fourth-order valence-corrected chi connectivity index (χ4v) is 3.64. The molecule has 1 amide bonds. The van der Waals surface area contributed by atoms with Crippen LogP contribution >= 0.6 is 11.6 Å². The van der Waals surface area contributed by atoms with Crippen LogP contribution in [0.15, 0.2) is 54.7 Å². The third-order valence-corrected chi connectivity index (χ3v) is 5.44. The molecular weight excluding hydrogens is 459 g/mol. The molecule has 33 heavy (non-hydrogen) atoms. The van der Waals surface area contributed by atoms with Crippen molar-refractivity contribution in [3.8, 4) is 11.4 Å². The molecule has 0 radical (unpaired) electrons. The van der Waals surface area contributed by atoms with Crippen LogP contribution in [0.4, 0.5) is 13.2 Å². The van der Waals surface area contributed by atoms with Crippen LogP contribution < -0.4 is 10.1 Å². The van der Waals surface area contributed by atoms with Gasteiger partial charge in [-0.25, -0.2) is 4.68 Å². The standard InChI is InChI=1S/C23H21ClF3N3O3/c24-16-5-7-17(8-6-16)30-21(23(25,26)27)20(13-29-30)22(31)28-12-15-3-9-18(10-4-15)33-14-19-2-1-11-32-19/h3-10,13,19H,1-2,11-12,14H2,(H,28,31). The predicted molar refractivity (Wildman–Crippen MR) is 116 cm³/mol. The minimum atomic E-state index is -4.79. The molecule has 3 aromatic rings. The van der Waals surface area contributed by atoms with E-state index in [2.05, 4.69) is 10.4 Å². The maximum Gasteiger partial charge on any atom is 0.434 e. The van der Waals surface area contributed by atoms with Gasteiger partial charge in [-0.3, -0.25) is 4.79 Å². The van der Waals surface area contributed by atoms with Crippen LogP contribution in [0.2, 0.25) is 5.02 Å². The van der Waals surface area contributed by atoms with Crippen molar-refractivity contribution in [1.29, 1.82) is 0 Å². The summed E-state index contributed by atoms with van der Waals surface area (Å²) in [4.78, 5) is 12.6. The van der Waals surface area contributed by atoms with E-state index in [1.54, 1.807) is 24.3 Å². The lowest BCUT2D eigenvalue weighted by Crippen LogP contribution is -2.26. The number of ether oxygens (including phenoxy) is 2. The number of halogens is 4. The molecule has 174 valence electrons. The lowest BCUT2D eigenvalue weighted by molar-refractivity contribution is -0.143. The number of carbonyl (C=O) groups excluding carboxylic acids is 1.